The lowest BCUT2D eigenvalue weighted by atomic mass is 10.2. The Hall–Kier alpha value is -1.23. The van der Waals surface area contributed by atoms with Crippen LogP contribution in [0.3, 0.4) is 0 Å². The number of fused-ring (bicyclic) bond motifs is 1. The van der Waals surface area contributed by atoms with Gasteiger partial charge in [-0.3, -0.25) is 4.57 Å². The van der Waals surface area contributed by atoms with Crippen molar-refractivity contribution in [1.29, 1.82) is 0 Å². The molecule has 0 bridgehead atoms. The van der Waals surface area contributed by atoms with Crippen LogP contribution in [-0.4, -0.2) is 26.0 Å². The van der Waals surface area contributed by atoms with E-state index in [4.69, 9.17) is 5.73 Å². The van der Waals surface area contributed by atoms with Crippen LogP contribution in [0.4, 0.5) is 5.95 Å². The third-order valence-electron chi connectivity index (χ3n) is 3.20. The van der Waals surface area contributed by atoms with E-state index in [2.05, 4.69) is 14.5 Å². The third kappa shape index (κ3) is 1.88. The summed E-state index contributed by atoms with van der Waals surface area (Å²) in [4.78, 5) is 8.91. The van der Waals surface area contributed by atoms with Gasteiger partial charge in [0.15, 0.2) is 5.65 Å². The van der Waals surface area contributed by atoms with E-state index in [1.165, 1.54) is 18.6 Å². The van der Waals surface area contributed by atoms with Crippen LogP contribution in [-0.2, 0) is 0 Å². The predicted octanol–water partition coefficient (Wildman–Crippen LogP) is 2.39. The van der Waals surface area contributed by atoms with Gasteiger partial charge in [-0.2, -0.15) is 11.8 Å². The van der Waals surface area contributed by atoms with Gasteiger partial charge in [-0.15, -0.1) is 0 Å². The Bertz CT molecular complexity index is 543. The number of hydrogen-bond acceptors (Lipinski definition) is 4. The lowest BCUT2D eigenvalue weighted by molar-refractivity contribution is 0.514. The Labute approximate surface area is 105 Å². The molecular formula is C12H16N4S. The molecule has 4 nitrogen and oxygen atoms in total. The largest absolute Gasteiger partial charge is 0.369 e. The molecule has 2 N–H and O–H groups in total. The standard InChI is InChI=1S/C12H16N4S/c1-8-5-10-11(14-6-8)16(12(13)15-10)9-3-2-4-17-7-9/h5-6,9H,2-4,7H2,1H3,(H2,13,15). The molecule has 0 spiro atoms. The molecule has 1 atom stereocenters. The topological polar surface area (TPSA) is 56.7 Å². The fourth-order valence-electron chi connectivity index (χ4n) is 2.39. The Morgan fingerprint density at radius 3 is 3.18 bits per heavy atom. The maximum Gasteiger partial charge on any atom is 0.202 e. The number of pyridine rings is 1. The van der Waals surface area contributed by atoms with Gasteiger partial charge in [0.1, 0.15) is 5.52 Å². The molecule has 0 radical (unpaired) electrons. The molecule has 0 aromatic carbocycles. The van der Waals surface area contributed by atoms with Crippen LogP contribution in [0.5, 0.6) is 0 Å². The monoisotopic (exact) mass is 248 g/mol. The number of nitrogens with zero attached hydrogens (tertiary/aromatic N) is 3. The minimum atomic E-state index is 0.453. The average Bonchev–Trinajstić information content (AvgIpc) is 2.65. The molecule has 17 heavy (non-hydrogen) atoms. The van der Waals surface area contributed by atoms with Crippen LogP contribution in [0.25, 0.3) is 11.2 Å². The minimum absolute atomic E-state index is 0.453. The van der Waals surface area contributed by atoms with Gasteiger partial charge in [-0.25, -0.2) is 9.97 Å². The van der Waals surface area contributed by atoms with Crippen LogP contribution in [0.1, 0.15) is 24.4 Å². The lowest BCUT2D eigenvalue weighted by Crippen LogP contribution is -2.18. The van der Waals surface area contributed by atoms with Gasteiger partial charge in [0, 0.05) is 18.0 Å². The number of hydrogen-bond donors (Lipinski definition) is 1. The van der Waals surface area contributed by atoms with E-state index in [-0.39, 0.29) is 0 Å². The lowest BCUT2D eigenvalue weighted by Gasteiger charge is -2.23. The highest BCUT2D eigenvalue weighted by Gasteiger charge is 2.21. The molecule has 1 unspecified atom stereocenters. The number of nitrogens with two attached hydrogens (primary N) is 1. The van der Waals surface area contributed by atoms with Gasteiger partial charge in [-0.1, -0.05) is 0 Å². The second kappa shape index (κ2) is 4.22. The van der Waals surface area contributed by atoms with E-state index < -0.39 is 0 Å². The molecule has 1 aliphatic heterocycles. The molecule has 0 aliphatic carbocycles. The van der Waals surface area contributed by atoms with Crippen molar-refractivity contribution in [3.05, 3.63) is 17.8 Å². The van der Waals surface area contributed by atoms with Crippen LogP contribution >= 0.6 is 11.8 Å². The molecular weight excluding hydrogens is 232 g/mol. The van der Waals surface area contributed by atoms with Crippen LogP contribution in [0.15, 0.2) is 12.3 Å². The van der Waals surface area contributed by atoms with Gasteiger partial charge in [0.05, 0.1) is 0 Å². The first-order valence-corrected chi connectivity index (χ1v) is 7.09. The van der Waals surface area contributed by atoms with E-state index in [1.54, 1.807) is 0 Å². The first kappa shape index (κ1) is 10.9. The maximum atomic E-state index is 6.04. The van der Waals surface area contributed by atoms with Crippen molar-refractivity contribution in [3.8, 4) is 0 Å². The van der Waals surface area contributed by atoms with Crippen molar-refractivity contribution in [1.82, 2.24) is 14.5 Å². The number of imidazole rings is 1. The van der Waals surface area contributed by atoms with Gasteiger partial charge in [0.25, 0.3) is 0 Å². The van der Waals surface area contributed by atoms with E-state index >= 15 is 0 Å². The first-order valence-electron chi connectivity index (χ1n) is 5.93. The fourth-order valence-corrected chi connectivity index (χ4v) is 3.51. The minimum Gasteiger partial charge on any atom is -0.369 e. The highest BCUT2D eigenvalue weighted by atomic mass is 32.2. The van der Waals surface area contributed by atoms with Crippen LogP contribution < -0.4 is 5.73 Å². The molecule has 0 amide bonds. The predicted molar refractivity (Wildman–Crippen MR) is 72.3 cm³/mol. The van der Waals surface area contributed by atoms with Crippen molar-refractivity contribution in [2.24, 2.45) is 0 Å². The molecule has 3 rings (SSSR count). The van der Waals surface area contributed by atoms with Crippen molar-refractivity contribution in [3.63, 3.8) is 0 Å². The molecule has 3 heterocycles. The molecule has 2 aromatic heterocycles. The van der Waals surface area contributed by atoms with Gasteiger partial charge >= 0.3 is 0 Å². The number of anilines is 1. The number of aromatic nitrogens is 3. The third-order valence-corrected chi connectivity index (χ3v) is 4.39. The second-order valence-corrected chi connectivity index (χ2v) is 5.72. The molecule has 1 saturated heterocycles. The van der Waals surface area contributed by atoms with E-state index in [0.29, 0.717) is 12.0 Å². The summed E-state index contributed by atoms with van der Waals surface area (Å²) in [6.07, 6.45) is 4.31. The zero-order valence-corrected chi connectivity index (χ0v) is 10.7. The van der Waals surface area contributed by atoms with Crippen LogP contribution in [0, 0.1) is 6.92 Å². The zero-order valence-electron chi connectivity index (χ0n) is 9.89. The summed E-state index contributed by atoms with van der Waals surface area (Å²) in [5, 5.41) is 0. The second-order valence-electron chi connectivity index (χ2n) is 4.57. The van der Waals surface area contributed by atoms with E-state index in [1.807, 2.05) is 30.9 Å². The van der Waals surface area contributed by atoms with E-state index in [0.717, 1.165) is 22.5 Å². The first-order chi connectivity index (χ1) is 8.25. The van der Waals surface area contributed by atoms with Crippen molar-refractivity contribution in [2.45, 2.75) is 25.8 Å². The van der Waals surface area contributed by atoms with Gasteiger partial charge < -0.3 is 5.73 Å². The fraction of sp³-hybridized carbons (Fsp3) is 0.500. The molecule has 90 valence electrons. The maximum absolute atomic E-state index is 6.04. The Balaban J connectivity index is 2.11. The van der Waals surface area contributed by atoms with Crippen LogP contribution in [0.2, 0.25) is 0 Å². The zero-order chi connectivity index (χ0) is 11.8. The normalized spacial score (nSPS) is 20.9. The summed E-state index contributed by atoms with van der Waals surface area (Å²) in [5.74, 6) is 2.98. The Morgan fingerprint density at radius 1 is 1.53 bits per heavy atom. The summed E-state index contributed by atoms with van der Waals surface area (Å²) in [6.45, 7) is 2.03. The molecule has 1 fully saturated rings. The summed E-state index contributed by atoms with van der Waals surface area (Å²) >= 11 is 1.99. The molecule has 5 heteroatoms. The quantitative estimate of drug-likeness (QED) is 0.842. The molecule has 0 saturated carbocycles. The summed E-state index contributed by atoms with van der Waals surface area (Å²) < 4.78 is 2.11. The SMILES string of the molecule is Cc1cnc2c(c1)nc(N)n2C1CCCSC1. The van der Waals surface area contributed by atoms with E-state index in [9.17, 15) is 0 Å². The summed E-state index contributed by atoms with van der Waals surface area (Å²) in [5.41, 5.74) is 9.01. The highest BCUT2D eigenvalue weighted by molar-refractivity contribution is 7.99. The molecule has 1 aliphatic rings. The summed E-state index contributed by atoms with van der Waals surface area (Å²) in [6, 6.07) is 2.50. The van der Waals surface area contributed by atoms with Gasteiger partial charge in [0.2, 0.25) is 5.95 Å². The van der Waals surface area contributed by atoms with Crippen molar-refractivity contribution < 1.29 is 0 Å². The average molecular weight is 248 g/mol. The van der Waals surface area contributed by atoms with Crippen molar-refractivity contribution >= 4 is 28.9 Å². The smallest absolute Gasteiger partial charge is 0.202 e. The number of thioether (sulfide) groups is 1. The number of rotatable bonds is 1. The number of aryl methyl sites for hydroxylation is 1. The Kier molecular flexibility index (Phi) is 2.70. The highest BCUT2D eigenvalue weighted by Crippen LogP contribution is 2.31. The Morgan fingerprint density at radius 2 is 2.41 bits per heavy atom. The summed E-state index contributed by atoms with van der Waals surface area (Å²) in [7, 11) is 0. The number of nitrogen functional groups attached to an aromatic ring is 1. The van der Waals surface area contributed by atoms with Gasteiger partial charge in [-0.05, 0) is 37.1 Å². The van der Waals surface area contributed by atoms with Crippen molar-refractivity contribution in [2.75, 3.05) is 17.2 Å². The molecule has 2 aromatic rings.